The standard InChI is InChI=1S/C7H13F2NS/c8-7(9,5-10)3-6-1-2-11-4-6/h6H,1-5,10H2. The molecule has 0 bridgehead atoms. The highest BCUT2D eigenvalue weighted by Gasteiger charge is 2.32. The Morgan fingerprint density at radius 1 is 1.55 bits per heavy atom. The van der Waals surface area contributed by atoms with Gasteiger partial charge in [-0.1, -0.05) is 0 Å². The number of rotatable bonds is 3. The van der Waals surface area contributed by atoms with Gasteiger partial charge in [0.05, 0.1) is 6.54 Å². The maximum Gasteiger partial charge on any atom is 0.260 e. The molecule has 0 aromatic heterocycles. The molecule has 0 aliphatic carbocycles. The number of hydrogen-bond donors (Lipinski definition) is 1. The molecule has 0 radical (unpaired) electrons. The van der Waals surface area contributed by atoms with E-state index in [1.165, 1.54) is 0 Å². The molecule has 1 unspecified atom stereocenters. The molecule has 2 N–H and O–H groups in total. The summed E-state index contributed by atoms with van der Waals surface area (Å²) in [5.74, 6) is -0.519. The molecule has 66 valence electrons. The van der Waals surface area contributed by atoms with Crippen molar-refractivity contribution in [3.63, 3.8) is 0 Å². The molecule has 0 aromatic rings. The van der Waals surface area contributed by atoms with Crippen LogP contribution in [0.1, 0.15) is 12.8 Å². The van der Waals surface area contributed by atoms with Crippen molar-refractivity contribution in [2.75, 3.05) is 18.1 Å². The predicted octanol–water partition coefficient (Wildman–Crippen LogP) is 1.72. The summed E-state index contributed by atoms with van der Waals surface area (Å²) >= 11 is 1.76. The van der Waals surface area contributed by atoms with Crippen LogP contribution < -0.4 is 5.73 Å². The Balaban J connectivity index is 2.28. The fourth-order valence-corrected chi connectivity index (χ4v) is 2.53. The van der Waals surface area contributed by atoms with Crippen molar-refractivity contribution in [2.24, 2.45) is 11.7 Å². The molecule has 0 spiro atoms. The van der Waals surface area contributed by atoms with Crippen LogP contribution in [0.3, 0.4) is 0 Å². The summed E-state index contributed by atoms with van der Waals surface area (Å²) in [5.41, 5.74) is 4.93. The van der Waals surface area contributed by atoms with Gasteiger partial charge in [-0.2, -0.15) is 11.8 Å². The third kappa shape index (κ3) is 2.95. The molecule has 4 heteroatoms. The first-order chi connectivity index (χ1) is 5.14. The quantitative estimate of drug-likeness (QED) is 0.717. The van der Waals surface area contributed by atoms with Gasteiger partial charge in [0, 0.05) is 6.42 Å². The van der Waals surface area contributed by atoms with E-state index in [2.05, 4.69) is 0 Å². The number of nitrogens with two attached hydrogens (primary N) is 1. The fourth-order valence-electron chi connectivity index (χ4n) is 1.25. The van der Waals surface area contributed by atoms with E-state index in [4.69, 9.17) is 5.73 Å². The van der Waals surface area contributed by atoms with Gasteiger partial charge in [0.15, 0.2) is 0 Å². The Labute approximate surface area is 69.7 Å². The van der Waals surface area contributed by atoms with E-state index in [1.807, 2.05) is 0 Å². The monoisotopic (exact) mass is 181 g/mol. The first-order valence-electron chi connectivity index (χ1n) is 3.80. The van der Waals surface area contributed by atoms with Crippen LogP contribution in [0, 0.1) is 5.92 Å². The minimum absolute atomic E-state index is 0.0174. The van der Waals surface area contributed by atoms with Crippen molar-refractivity contribution in [2.45, 2.75) is 18.8 Å². The molecule has 0 saturated carbocycles. The van der Waals surface area contributed by atoms with Gasteiger partial charge in [0.1, 0.15) is 0 Å². The normalized spacial score (nSPS) is 25.9. The molecule has 1 heterocycles. The van der Waals surface area contributed by atoms with Crippen LogP contribution in [0.25, 0.3) is 0 Å². The topological polar surface area (TPSA) is 26.0 Å². The lowest BCUT2D eigenvalue weighted by molar-refractivity contribution is -0.0106. The molecule has 1 nitrogen and oxygen atoms in total. The predicted molar refractivity (Wildman–Crippen MR) is 44.1 cm³/mol. The van der Waals surface area contributed by atoms with Crippen molar-refractivity contribution >= 4 is 11.8 Å². The SMILES string of the molecule is NCC(F)(F)CC1CCSC1. The van der Waals surface area contributed by atoms with Gasteiger partial charge in [-0.15, -0.1) is 0 Å². The van der Waals surface area contributed by atoms with Crippen LogP contribution in [0.15, 0.2) is 0 Å². The summed E-state index contributed by atoms with van der Waals surface area (Å²) in [7, 11) is 0. The van der Waals surface area contributed by atoms with Crippen molar-refractivity contribution in [3.8, 4) is 0 Å². The lowest BCUT2D eigenvalue weighted by Gasteiger charge is -2.17. The largest absolute Gasteiger partial charge is 0.325 e. The second-order valence-corrected chi connectivity index (χ2v) is 4.14. The summed E-state index contributed by atoms with van der Waals surface area (Å²) in [6.45, 7) is -0.506. The van der Waals surface area contributed by atoms with Crippen molar-refractivity contribution in [3.05, 3.63) is 0 Å². The van der Waals surface area contributed by atoms with Gasteiger partial charge < -0.3 is 5.73 Å². The van der Waals surface area contributed by atoms with Crippen LogP contribution >= 0.6 is 11.8 Å². The van der Waals surface area contributed by atoms with Gasteiger partial charge in [-0.3, -0.25) is 0 Å². The van der Waals surface area contributed by atoms with Gasteiger partial charge in [0.25, 0.3) is 5.92 Å². The third-order valence-corrected chi connectivity index (χ3v) is 3.14. The average molecular weight is 181 g/mol. The molecule has 1 atom stereocenters. The molecular weight excluding hydrogens is 168 g/mol. The Morgan fingerprint density at radius 2 is 2.27 bits per heavy atom. The van der Waals surface area contributed by atoms with Crippen LogP contribution in [0.2, 0.25) is 0 Å². The highest BCUT2D eigenvalue weighted by atomic mass is 32.2. The van der Waals surface area contributed by atoms with E-state index in [0.29, 0.717) is 0 Å². The maximum atomic E-state index is 12.7. The third-order valence-electron chi connectivity index (χ3n) is 1.91. The fraction of sp³-hybridized carbons (Fsp3) is 1.00. The second kappa shape index (κ2) is 3.72. The van der Waals surface area contributed by atoms with Crippen molar-refractivity contribution in [1.82, 2.24) is 0 Å². The molecule has 11 heavy (non-hydrogen) atoms. The van der Waals surface area contributed by atoms with Crippen molar-refractivity contribution < 1.29 is 8.78 Å². The molecule has 0 amide bonds. The molecule has 0 aromatic carbocycles. The van der Waals surface area contributed by atoms with E-state index in [9.17, 15) is 8.78 Å². The highest BCUT2D eigenvalue weighted by molar-refractivity contribution is 7.99. The molecular formula is C7H13F2NS. The number of halogens is 2. The zero-order chi connectivity index (χ0) is 8.32. The van der Waals surface area contributed by atoms with Crippen molar-refractivity contribution in [1.29, 1.82) is 0 Å². The molecule has 1 saturated heterocycles. The van der Waals surface area contributed by atoms with E-state index >= 15 is 0 Å². The Bertz CT molecular complexity index is 124. The summed E-state index contributed by atoms with van der Waals surface area (Å²) in [6, 6.07) is 0. The number of alkyl halides is 2. The zero-order valence-corrected chi connectivity index (χ0v) is 7.17. The van der Waals surface area contributed by atoms with Crippen LogP contribution in [-0.4, -0.2) is 24.0 Å². The van der Waals surface area contributed by atoms with Gasteiger partial charge in [0.2, 0.25) is 0 Å². The minimum Gasteiger partial charge on any atom is -0.325 e. The van der Waals surface area contributed by atoms with E-state index in [0.717, 1.165) is 17.9 Å². The molecule has 1 rings (SSSR count). The maximum absolute atomic E-state index is 12.7. The molecule has 1 fully saturated rings. The first kappa shape index (κ1) is 9.26. The van der Waals surface area contributed by atoms with E-state index in [1.54, 1.807) is 11.8 Å². The lowest BCUT2D eigenvalue weighted by atomic mass is 10.0. The first-order valence-corrected chi connectivity index (χ1v) is 4.95. The van der Waals surface area contributed by atoms with Gasteiger partial charge in [-0.05, 0) is 23.8 Å². The number of hydrogen-bond acceptors (Lipinski definition) is 2. The Kier molecular flexibility index (Phi) is 3.13. The summed E-state index contributed by atoms with van der Waals surface area (Å²) in [6.07, 6.45) is 0.913. The minimum atomic E-state index is -2.63. The van der Waals surface area contributed by atoms with E-state index in [-0.39, 0.29) is 12.3 Å². The summed E-state index contributed by atoms with van der Waals surface area (Å²) < 4.78 is 25.3. The van der Waals surface area contributed by atoms with E-state index < -0.39 is 12.5 Å². The van der Waals surface area contributed by atoms with Crippen LogP contribution in [-0.2, 0) is 0 Å². The van der Waals surface area contributed by atoms with Gasteiger partial charge in [-0.25, -0.2) is 8.78 Å². The highest BCUT2D eigenvalue weighted by Crippen LogP contribution is 2.32. The zero-order valence-electron chi connectivity index (χ0n) is 6.35. The Hall–Kier alpha value is 0.170. The summed E-state index contributed by atoms with van der Waals surface area (Å²) in [4.78, 5) is 0. The Morgan fingerprint density at radius 3 is 2.73 bits per heavy atom. The molecule has 1 aliphatic heterocycles. The smallest absolute Gasteiger partial charge is 0.260 e. The second-order valence-electron chi connectivity index (χ2n) is 2.99. The lowest BCUT2D eigenvalue weighted by Crippen LogP contribution is -2.30. The van der Waals surface area contributed by atoms with Gasteiger partial charge >= 0.3 is 0 Å². The number of thioether (sulfide) groups is 1. The van der Waals surface area contributed by atoms with Crippen LogP contribution in [0.4, 0.5) is 8.78 Å². The van der Waals surface area contributed by atoms with Crippen LogP contribution in [0.5, 0.6) is 0 Å². The molecule has 1 aliphatic rings. The average Bonchev–Trinajstić information content (AvgIpc) is 2.39. The summed E-state index contributed by atoms with van der Waals surface area (Å²) in [5, 5.41) is 0.